The van der Waals surface area contributed by atoms with E-state index in [4.69, 9.17) is 10.2 Å². The molecule has 88 valence electrons. The van der Waals surface area contributed by atoms with Crippen molar-refractivity contribution in [3.63, 3.8) is 0 Å². The molecule has 0 saturated carbocycles. The molecule has 17 heavy (non-hydrogen) atoms. The van der Waals surface area contributed by atoms with Crippen LogP contribution in [0, 0.1) is 0 Å². The number of hydrogen-bond acceptors (Lipinski definition) is 3. The van der Waals surface area contributed by atoms with Crippen LogP contribution in [0.3, 0.4) is 0 Å². The molecule has 1 amide bonds. The first kappa shape index (κ1) is 11.3. The molecule has 0 spiro atoms. The van der Waals surface area contributed by atoms with Crippen LogP contribution in [0.25, 0.3) is 0 Å². The first-order valence-electron chi connectivity index (χ1n) is 5.31. The number of rotatable bonds is 3. The van der Waals surface area contributed by atoms with Gasteiger partial charge in [0.05, 0.1) is 0 Å². The van der Waals surface area contributed by atoms with Gasteiger partial charge in [0.25, 0.3) is 5.91 Å². The Kier molecular flexibility index (Phi) is 3.14. The van der Waals surface area contributed by atoms with Crippen molar-refractivity contribution in [2.75, 3.05) is 12.8 Å². The van der Waals surface area contributed by atoms with Gasteiger partial charge in [0.1, 0.15) is 0 Å². The van der Waals surface area contributed by atoms with Crippen molar-refractivity contribution >= 4 is 11.8 Å². The summed E-state index contributed by atoms with van der Waals surface area (Å²) < 4.78 is 5.09. The van der Waals surface area contributed by atoms with Crippen LogP contribution in [-0.2, 0) is 6.54 Å². The van der Waals surface area contributed by atoms with Gasteiger partial charge in [-0.1, -0.05) is 30.3 Å². The van der Waals surface area contributed by atoms with Crippen LogP contribution in [0.1, 0.15) is 16.1 Å². The number of carbonyl (C=O) groups excluding carboxylic acids is 1. The number of hydrogen-bond donors (Lipinski definition) is 1. The van der Waals surface area contributed by atoms with E-state index >= 15 is 0 Å². The average molecular weight is 230 g/mol. The summed E-state index contributed by atoms with van der Waals surface area (Å²) >= 11 is 0. The van der Waals surface area contributed by atoms with E-state index in [-0.39, 0.29) is 17.6 Å². The second-order valence-electron chi connectivity index (χ2n) is 3.85. The Morgan fingerprint density at radius 2 is 1.94 bits per heavy atom. The summed E-state index contributed by atoms with van der Waals surface area (Å²) in [6, 6.07) is 12.9. The van der Waals surface area contributed by atoms with Gasteiger partial charge in [-0.05, 0) is 11.6 Å². The molecule has 0 unspecified atom stereocenters. The van der Waals surface area contributed by atoms with Gasteiger partial charge < -0.3 is 15.1 Å². The van der Waals surface area contributed by atoms with Crippen LogP contribution in [0.15, 0.2) is 46.9 Å². The van der Waals surface area contributed by atoms with Crippen LogP contribution >= 0.6 is 0 Å². The van der Waals surface area contributed by atoms with Gasteiger partial charge in [-0.2, -0.15) is 0 Å². The molecular formula is C13H14N2O2. The van der Waals surface area contributed by atoms with Crippen LogP contribution in [0.5, 0.6) is 0 Å². The van der Waals surface area contributed by atoms with Crippen LogP contribution in [0.2, 0.25) is 0 Å². The number of nitrogen functional groups attached to an aromatic ring is 1. The van der Waals surface area contributed by atoms with Crippen molar-refractivity contribution in [2.24, 2.45) is 0 Å². The Balaban J connectivity index is 2.06. The van der Waals surface area contributed by atoms with Crippen molar-refractivity contribution in [2.45, 2.75) is 6.54 Å². The molecule has 2 N–H and O–H groups in total. The summed E-state index contributed by atoms with van der Waals surface area (Å²) in [5.74, 6) is 0.341. The Bertz CT molecular complexity index is 505. The van der Waals surface area contributed by atoms with E-state index in [1.807, 2.05) is 30.3 Å². The standard InChI is InChI=1S/C13H14N2O2/c1-15(9-10-5-3-2-4-6-10)13(16)11-7-8-12(14)17-11/h2-8H,9,14H2,1H3. The smallest absolute Gasteiger partial charge is 0.289 e. The molecule has 1 heterocycles. The maximum Gasteiger partial charge on any atom is 0.289 e. The first-order chi connectivity index (χ1) is 8.16. The second kappa shape index (κ2) is 4.74. The molecule has 2 aromatic rings. The number of amides is 1. The minimum atomic E-state index is -0.175. The van der Waals surface area contributed by atoms with Crippen molar-refractivity contribution in [3.8, 4) is 0 Å². The van der Waals surface area contributed by atoms with Crippen molar-refractivity contribution < 1.29 is 9.21 Å². The highest BCUT2D eigenvalue weighted by atomic mass is 16.4. The van der Waals surface area contributed by atoms with Gasteiger partial charge in [-0.15, -0.1) is 0 Å². The lowest BCUT2D eigenvalue weighted by Gasteiger charge is -2.15. The fourth-order valence-electron chi connectivity index (χ4n) is 1.58. The molecule has 4 nitrogen and oxygen atoms in total. The highest BCUT2D eigenvalue weighted by molar-refractivity contribution is 5.91. The van der Waals surface area contributed by atoms with Crippen LogP contribution in [0.4, 0.5) is 5.88 Å². The van der Waals surface area contributed by atoms with Gasteiger partial charge >= 0.3 is 0 Å². The molecule has 0 saturated heterocycles. The van der Waals surface area contributed by atoms with Crippen LogP contribution < -0.4 is 5.73 Å². The summed E-state index contributed by atoms with van der Waals surface area (Å²) in [6.07, 6.45) is 0. The van der Waals surface area contributed by atoms with Gasteiger partial charge in [0.2, 0.25) is 0 Å². The van der Waals surface area contributed by atoms with Crippen molar-refractivity contribution in [1.82, 2.24) is 4.90 Å². The highest BCUT2D eigenvalue weighted by Crippen LogP contribution is 2.12. The minimum absolute atomic E-state index is 0.175. The third kappa shape index (κ3) is 2.66. The molecule has 0 radical (unpaired) electrons. The quantitative estimate of drug-likeness (QED) is 0.878. The molecule has 0 bridgehead atoms. The number of anilines is 1. The largest absolute Gasteiger partial charge is 0.436 e. The van der Waals surface area contributed by atoms with Gasteiger partial charge in [0.15, 0.2) is 11.6 Å². The zero-order valence-corrected chi connectivity index (χ0v) is 9.59. The number of nitrogens with two attached hydrogens (primary N) is 1. The van der Waals surface area contributed by atoms with Crippen LogP contribution in [-0.4, -0.2) is 17.9 Å². The molecular weight excluding hydrogens is 216 g/mol. The second-order valence-corrected chi connectivity index (χ2v) is 3.85. The lowest BCUT2D eigenvalue weighted by atomic mass is 10.2. The Labute approximate surface area is 99.6 Å². The third-order valence-corrected chi connectivity index (χ3v) is 2.45. The summed E-state index contributed by atoms with van der Waals surface area (Å²) in [5.41, 5.74) is 6.50. The SMILES string of the molecule is CN(Cc1ccccc1)C(=O)c1ccc(N)o1. The number of carbonyl (C=O) groups is 1. The molecule has 0 atom stereocenters. The van der Waals surface area contributed by atoms with E-state index in [2.05, 4.69) is 0 Å². The Morgan fingerprint density at radius 3 is 2.53 bits per heavy atom. The lowest BCUT2D eigenvalue weighted by molar-refractivity contribution is 0.0754. The van der Waals surface area contributed by atoms with Crippen molar-refractivity contribution in [1.29, 1.82) is 0 Å². The summed E-state index contributed by atoms with van der Waals surface area (Å²) in [4.78, 5) is 13.5. The molecule has 0 aliphatic heterocycles. The molecule has 1 aromatic heterocycles. The van der Waals surface area contributed by atoms with E-state index in [9.17, 15) is 4.79 Å². The zero-order chi connectivity index (χ0) is 12.3. The molecule has 1 aromatic carbocycles. The number of furan rings is 1. The third-order valence-electron chi connectivity index (χ3n) is 2.45. The van der Waals surface area contributed by atoms with E-state index in [1.165, 1.54) is 0 Å². The van der Waals surface area contributed by atoms with E-state index in [0.717, 1.165) is 5.56 Å². The minimum Gasteiger partial charge on any atom is -0.436 e. The van der Waals surface area contributed by atoms with E-state index in [1.54, 1.807) is 24.1 Å². The first-order valence-corrected chi connectivity index (χ1v) is 5.31. The van der Waals surface area contributed by atoms with E-state index in [0.29, 0.717) is 6.54 Å². The lowest BCUT2D eigenvalue weighted by Crippen LogP contribution is -2.25. The normalized spacial score (nSPS) is 10.2. The van der Waals surface area contributed by atoms with Gasteiger partial charge in [-0.25, -0.2) is 0 Å². The fraction of sp³-hybridized carbons (Fsp3) is 0.154. The fourth-order valence-corrected chi connectivity index (χ4v) is 1.58. The zero-order valence-electron chi connectivity index (χ0n) is 9.59. The highest BCUT2D eigenvalue weighted by Gasteiger charge is 2.15. The Hall–Kier alpha value is -2.23. The average Bonchev–Trinajstić information content (AvgIpc) is 2.76. The predicted molar refractivity (Wildman–Crippen MR) is 65.4 cm³/mol. The molecule has 2 rings (SSSR count). The maximum atomic E-state index is 11.9. The maximum absolute atomic E-state index is 11.9. The number of nitrogens with zero attached hydrogens (tertiary/aromatic N) is 1. The molecule has 0 fully saturated rings. The molecule has 4 heteroatoms. The Morgan fingerprint density at radius 1 is 1.24 bits per heavy atom. The molecule has 0 aliphatic carbocycles. The van der Waals surface area contributed by atoms with Gasteiger partial charge in [-0.3, -0.25) is 4.79 Å². The van der Waals surface area contributed by atoms with E-state index < -0.39 is 0 Å². The monoisotopic (exact) mass is 230 g/mol. The molecule has 0 aliphatic rings. The predicted octanol–water partition coefficient (Wildman–Crippen LogP) is 2.13. The van der Waals surface area contributed by atoms with Crippen molar-refractivity contribution in [3.05, 3.63) is 53.8 Å². The topological polar surface area (TPSA) is 59.5 Å². The summed E-state index contributed by atoms with van der Waals surface area (Å²) in [7, 11) is 1.73. The number of benzene rings is 1. The van der Waals surface area contributed by atoms with Gasteiger partial charge in [0, 0.05) is 19.7 Å². The summed E-state index contributed by atoms with van der Waals surface area (Å²) in [6.45, 7) is 0.542. The summed E-state index contributed by atoms with van der Waals surface area (Å²) in [5, 5.41) is 0.